The van der Waals surface area contributed by atoms with Gasteiger partial charge in [0.05, 0.1) is 6.10 Å². The first-order valence-corrected chi connectivity index (χ1v) is 6.38. The molecule has 15 heavy (non-hydrogen) atoms. The Kier molecular flexibility index (Phi) is 9.12. The summed E-state index contributed by atoms with van der Waals surface area (Å²) in [6.45, 7) is 14.1. The smallest absolute Gasteiger partial charge is 0.0699 e. The molecule has 0 aliphatic heterocycles. The van der Waals surface area contributed by atoms with E-state index in [2.05, 4.69) is 39.9 Å². The van der Waals surface area contributed by atoms with Crippen molar-refractivity contribution in [1.82, 2.24) is 5.32 Å². The standard InChI is InChI=1S/C13H29NO/c1-6-7-13(15-10-12(4)5)9-14-8-11(2)3/h11-14H,6-10H2,1-5H3. The topological polar surface area (TPSA) is 21.3 Å². The molecule has 1 atom stereocenters. The van der Waals surface area contributed by atoms with Gasteiger partial charge in [-0.1, -0.05) is 41.0 Å². The third-order valence-corrected chi connectivity index (χ3v) is 2.20. The Morgan fingerprint density at radius 3 is 2.13 bits per heavy atom. The first-order chi connectivity index (χ1) is 7.06. The highest BCUT2D eigenvalue weighted by Gasteiger charge is 2.08. The van der Waals surface area contributed by atoms with Crippen molar-refractivity contribution in [3.8, 4) is 0 Å². The number of nitrogens with one attached hydrogen (secondary N) is 1. The molecule has 0 rings (SSSR count). The second-order valence-corrected chi connectivity index (χ2v) is 5.19. The van der Waals surface area contributed by atoms with E-state index < -0.39 is 0 Å². The van der Waals surface area contributed by atoms with Crippen LogP contribution in [0.3, 0.4) is 0 Å². The van der Waals surface area contributed by atoms with Crippen LogP contribution in [0.1, 0.15) is 47.5 Å². The van der Waals surface area contributed by atoms with Crippen LogP contribution in [0.5, 0.6) is 0 Å². The zero-order valence-electron chi connectivity index (χ0n) is 11.2. The largest absolute Gasteiger partial charge is 0.377 e. The average molecular weight is 215 g/mol. The lowest BCUT2D eigenvalue weighted by molar-refractivity contribution is 0.0303. The molecule has 2 nitrogen and oxygen atoms in total. The van der Waals surface area contributed by atoms with E-state index in [1.165, 1.54) is 6.42 Å². The van der Waals surface area contributed by atoms with Gasteiger partial charge in [0.15, 0.2) is 0 Å². The van der Waals surface area contributed by atoms with Crippen molar-refractivity contribution in [3.05, 3.63) is 0 Å². The molecule has 0 aliphatic carbocycles. The summed E-state index contributed by atoms with van der Waals surface area (Å²) in [6.07, 6.45) is 2.76. The van der Waals surface area contributed by atoms with Gasteiger partial charge in [-0.05, 0) is 24.8 Å². The third-order valence-electron chi connectivity index (χ3n) is 2.20. The molecule has 2 heteroatoms. The monoisotopic (exact) mass is 215 g/mol. The minimum atomic E-state index is 0.399. The molecule has 1 N–H and O–H groups in total. The second-order valence-electron chi connectivity index (χ2n) is 5.19. The van der Waals surface area contributed by atoms with Crippen LogP contribution in [0.25, 0.3) is 0 Å². The molecule has 1 unspecified atom stereocenters. The summed E-state index contributed by atoms with van der Waals surface area (Å²) >= 11 is 0. The highest BCUT2D eigenvalue weighted by atomic mass is 16.5. The summed E-state index contributed by atoms with van der Waals surface area (Å²) in [7, 11) is 0. The molecule has 0 amide bonds. The van der Waals surface area contributed by atoms with Gasteiger partial charge in [-0.3, -0.25) is 0 Å². The Balaban J connectivity index is 3.62. The van der Waals surface area contributed by atoms with Crippen molar-refractivity contribution in [1.29, 1.82) is 0 Å². The zero-order chi connectivity index (χ0) is 11.7. The first kappa shape index (κ1) is 14.9. The molecule has 92 valence electrons. The summed E-state index contributed by atoms with van der Waals surface area (Å²) in [5, 5.41) is 3.47. The molecular weight excluding hydrogens is 186 g/mol. The van der Waals surface area contributed by atoms with E-state index in [-0.39, 0.29) is 0 Å². The van der Waals surface area contributed by atoms with Crippen LogP contribution >= 0.6 is 0 Å². The fraction of sp³-hybridized carbons (Fsp3) is 1.00. The lowest BCUT2D eigenvalue weighted by atomic mass is 10.2. The summed E-state index contributed by atoms with van der Waals surface area (Å²) in [5.74, 6) is 1.35. The minimum absolute atomic E-state index is 0.399. The molecular formula is C13H29NO. The Labute approximate surface area is 95.8 Å². The van der Waals surface area contributed by atoms with E-state index in [0.717, 1.165) is 32.0 Å². The third kappa shape index (κ3) is 10.2. The maximum Gasteiger partial charge on any atom is 0.0699 e. The van der Waals surface area contributed by atoms with Gasteiger partial charge in [0.25, 0.3) is 0 Å². The summed E-state index contributed by atoms with van der Waals surface area (Å²) in [5.41, 5.74) is 0. The zero-order valence-corrected chi connectivity index (χ0v) is 11.2. The van der Waals surface area contributed by atoms with Crippen LogP contribution < -0.4 is 5.32 Å². The van der Waals surface area contributed by atoms with Gasteiger partial charge in [-0.2, -0.15) is 0 Å². The number of hydrogen-bond acceptors (Lipinski definition) is 2. The minimum Gasteiger partial charge on any atom is -0.377 e. The quantitative estimate of drug-likeness (QED) is 0.638. The molecule has 0 radical (unpaired) electrons. The molecule has 0 saturated heterocycles. The Morgan fingerprint density at radius 2 is 1.67 bits per heavy atom. The highest BCUT2D eigenvalue weighted by Crippen LogP contribution is 2.04. The Bertz CT molecular complexity index is 134. The number of ether oxygens (including phenoxy) is 1. The van der Waals surface area contributed by atoms with E-state index in [4.69, 9.17) is 4.74 Å². The maximum absolute atomic E-state index is 5.86. The molecule has 0 fully saturated rings. The lowest BCUT2D eigenvalue weighted by Gasteiger charge is -2.19. The fourth-order valence-electron chi connectivity index (χ4n) is 1.43. The molecule has 0 aromatic carbocycles. The van der Waals surface area contributed by atoms with Crippen molar-refractivity contribution in [2.45, 2.75) is 53.6 Å². The van der Waals surface area contributed by atoms with E-state index in [0.29, 0.717) is 12.0 Å². The average Bonchev–Trinajstić information content (AvgIpc) is 2.13. The number of rotatable bonds is 9. The molecule has 0 saturated carbocycles. The van der Waals surface area contributed by atoms with Crippen LogP contribution in [-0.4, -0.2) is 25.8 Å². The number of hydrogen-bond donors (Lipinski definition) is 1. The van der Waals surface area contributed by atoms with Crippen LogP contribution in [0.4, 0.5) is 0 Å². The molecule has 0 aliphatic rings. The van der Waals surface area contributed by atoms with Gasteiger partial charge in [-0.25, -0.2) is 0 Å². The maximum atomic E-state index is 5.86. The van der Waals surface area contributed by atoms with Gasteiger partial charge in [0.1, 0.15) is 0 Å². The van der Waals surface area contributed by atoms with E-state index in [9.17, 15) is 0 Å². The fourth-order valence-corrected chi connectivity index (χ4v) is 1.43. The second kappa shape index (κ2) is 9.17. The van der Waals surface area contributed by atoms with Crippen molar-refractivity contribution >= 4 is 0 Å². The normalized spacial score (nSPS) is 13.8. The van der Waals surface area contributed by atoms with Crippen molar-refractivity contribution in [2.24, 2.45) is 11.8 Å². The summed E-state index contributed by atoms with van der Waals surface area (Å²) in [6, 6.07) is 0. The Morgan fingerprint density at radius 1 is 1.00 bits per heavy atom. The SMILES string of the molecule is CCCC(CNCC(C)C)OCC(C)C. The molecule has 0 aromatic rings. The first-order valence-electron chi connectivity index (χ1n) is 6.38. The van der Waals surface area contributed by atoms with Gasteiger partial charge in [-0.15, -0.1) is 0 Å². The summed E-state index contributed by atoms with van der Waals surface area (Å²) < 4.78 is 5.86. The van der Waals surface area contributed by atoms with Crippen LogP contribution in [0.15, 0.2) is 0 Å². The van der Waals surface area contributed by atoms with Crippen molar-refractivity contribution in [3.63, 3.8) is 0 Å². The van der Waals surface area contributed by atoms with Gasteiger partial charge < -0.3 is 10.1 Å². The van der Waals surface area contributed by atoms with Gasteiger partial charge in [0, 0.05) is 13.2 Å². The molecule has 0 spiro atoms. The van der Waals surface area contributed by atoms with E-state index in [1.807, 2.05) is 0 Å². The molecule has 0 heterocycles. The van der Waals surface area contributed by atoms with Crippen molar-refractivity contribution < 1.29 is 4.74 Å². The van der Waals surface area contributed by atoms with E-state index >= 15 is 0 Å². The van der Waals surface area contributed by atoms with Crippen LogP contribution in [0, 0.1) is 11.8 Å². The van der Waals surface area contributed by atoms with Crippen LogP contribution in [-0.2, 0) is 4.74 Å². The van der Waals surface area contributed by atoms with E-state index in [1.54, 1.807) is 0 Å². The van der Waals surface area contributed by atoms with Gasteiger partial charge in [0.2, 0.25) is 0 Å². The lowest BCUT2D eigenvalue weighted by Crippen LogP contribution is -2.32. The summed E-state index contributed by atoms with van der Waals surface area (Å²) in [4.78, 5) is 0. The highest BCUT2D eigenvalue weighted by molar-refractivity contribution is 4.63. The predicted octanol–water partition coefficient (Wildman–Crippen LogP) is 3.07. The molecule has 0 aromatic heterocycles. The van der Waals surface area contributed by atoms with Crippen LogP contribution in [0.2, 0.25) is 0 Å². The van der Waals surface area contributed by atoms with Gasteiger partial charge >= 0.3 is 0 Å². The Hall–Kier alpha value is -0.0800. The van der Waals surface area contributed by atoms with Crippen molar-refractivity contribution in [2.75, 3.05) is 19.7 Å². The molecule has 0 bridgehead atoms. The predicted molar refractivity (Wildman–Crippen MR) is 67.2 cm³/mol.